The zero-order chi connectivity index (χ0) is 13.8. The fourth-order valence-electron chi connectivity index (χ4n) is 2.33. The van der Waals surface area contributed by atoms with Gasteiger partial charge in [0.15, 0.2) is 0 Å². The molecule has 0 atom stereocenters. The van der Waals surface area contributed by atoms with Crippen LogP contribution in [0.15, 0.2) is 12.1 Å². The molecule has 0 bridgehead atoms. The van der Waals surface area contributed by atoms with Crippen molar-refractivity contribution in [1.29, 1.82) is 0 Å². The Bertz CT molecular complexity index is 471. The van der Waals surface area contributed by atoms with E-state index in [1.807, 2.05) is 0 Å². The Labute approximate surface area is 111 Å². The monoisotopic (exact) mass is 268 g/mol. The first-order valence-corrected chi connectivity index (χ1v) is 6.59. The number of nitrogens with one attached hydrogen (secondary N) is 2. The Hall–Kier alpha value is -1.65. The van der Waals surface area contributed by atoms with Crippen LogP contribution < -0.4 is 10.6 Å². The van der Waals surface area contributed by atoms with Crippen LogP contribution in [0.25, 0.3) is 0 Å². The van der Waals surface area contributed by atoms with Crippen LogP contribution in [0, 0.1) is 18.6 Å². The second-order valence-corrected chi connectivity index (χ2v) is 5.01. The standard InChI is InChI=1S/C14H18F2N2O/c1-9-7-12(16)13(8-11(9)15)18-14(19)17-10-5-3-2-4-6-10/h7-8,10H,2-6H2,1H3,(H2,17,18,19). The van der Waals surface area contributed by atoms with E-state index in [0.717, 1.165) is 37.8 Å². The second-order valence-electron chi connectivity index (χ2n) is 5.01. The van der Waals surface area contributed by atoms with E-state index < -0.39 is 17.7 Å². The summed E-state index contributed by atoms with van der Waals surface area (Å²) in [5, 5.41) is 5.15. The fourth-order valence-corrected chi connectivity index (χ4v) is 2.33. The Morgan fingerprint density at radius 2 is 1.84 bits per heavy atom. The lowest BCUT2D eigenvalue weighted by Crippen LogP contribution is -2.39. The molecule has 0 aliphatic heterocycles. The van der Waals surface area contributed by atoms with Crippen LogP contribution in [0.4, 0.5) is 19.3 Å². The molecule has 0 radical (unpaired) electrons. The summed E-state index contributed by atoms with van der Waals surface area (Å²) < 4.78 is 26.9. The van der Waals surface area contributed by atoms with E-state index in [2.05, 4.69) is 10.6 Å². The molecule has 0 aromatic heterocycles. The summed E-state index contributed by atoms with van der Waals surface area (Å²) in [4.78, 5) is 11.7. The average Bonchev–Trinajstić information content (AvgIpc) is 2.37. The molecule has 104 valence electrons. The molecule has 1 aromatic rings. The molecule has 1 fully saturated rings. The first-order valence-electron chi connectivity index (χ1n) is 6.59. The van der Waals surface area contributed by atoms with Crippen molar-refractivity contribution in [1.82, 2.24) is 5.32 Å². The molecule has 19 heavy (non-hydrogen) atoms. The minimum absolute atomic E-state index is 0.128. The van der Waals surface area contributed by atoms with E-state index in [-0.39, 0.29) is 17.3 Å². The van der Waals surface area contributed by atoms with Gasteiger partial charge in [-0.1, -0.05) is 19.3 Å². The van der Waals surface area contributed by atoms with Crippen LogP contribution >= 0.6 is 0 Å². The third kappa shape index (κ3) is 3.66. The summed E-state index contributed by atoms with van der Waals surface area (Å²) in [6.45, 7) is 1.48. The van der Waals surface area contributed by atoms with Crippen molar-refractivity contribution < 1.29 is 13.6 Å². The predicted octanol–water partition coefficient (Wildman–Crippen LogP) is 3.73. The summed E-state index contributed by atoms with van der Waals surface area (Å²) >= 11 is 0. The van der Waals surface area contributed by atoms with Crippen molar-refractivity contribution in [3.05, 3.63) is 29.3 Å². The normalized spacial score (nSPS) is 16.2. The maximum Gasteiger partial charge on any atom is 0.319 e. The first kappa shape index (κ1) is 13.8. The highest BCUT2D eigenvalue weighted by molar-refractivity contribution is 5.89. The van der Waals surface area contributed by atoms with Crippen LogP contribution in [-0.2, 0) is 0 Å². The second kappa shape index (κ2) is 5.99. The fraction of sp³-hybridized carbons (Fsp3) is 0.500. The van der Waals surface area contributed by atoms with E-state index in [9.17, 15) is 13.6 Å². The number of rotatable bonds is 2. The maximum atomic E-state index is 13.6. The van der Waals surface area contributed by atoms with Gasteiger partial charge in [-0.05, 0) is 31.4 Å². The van der Waals surface area contributed by atoms with Gasteiger partial charge in [0, 0.05) is 12.1 Å². The molecule has 2 rings (SSSR count). The van der Waals surface area contributed by atoms with Gasteiger partial charge in [0.25, 0.3) is 0 Å². The van der Waals surface area contributed by atoms with Crippen LogP contribution in [-0.4, -0.2) is 12.1 Å². The third-order valence-corrected chi connectivity index (χ3v) is 3.44. The van der Waals surface area contributed by atoms with Gasteiger partial charge in [0.1, 0.15) is 11.6 Å². The van der Waals surface area contributed by atoms with Gasteiger partial charge in [0.05, 0.1) is 5.69 Å². The van der Waals surface area contributed by atoms with Gasteiger partial charge >= 0.3 is 6.03 Å². The molecular weight excluding hydrogens is 250 g/mol. The van der Waals surface area contributed by atoms with Crippen LogP contribution in [0.1, 0.15) is 37.7 Å². The Kier molecular flexibility index (Phi) is 4.35. The largest absolute Gasteiger partial charge is 0.335 e. The van der Waals surface area contributed by atoms with Crippen LogP contribution in [0.5, 0.6) is 0 Å². The van der Waals surface area contributed by atoms with E-state index in [0.29, 0.717) is 0 Å². The predicted molar refractivity (Wildman–Crippen MR) is 70.1 cm³/mol. The molecule has 5 heteroatoms. The van der Waals surface area contributed by atoms with Gasteiger partial charge in [0.2, 0.25) is 0 Å². The summed E-state index contributed by atoms with van der Waals surface area (Å²) in [5.41, 5.74) is 0.0900. The van der Waals surface area contributed by atoms with Crippen LogP contribution in [0.2, 0.25) is 0 Å². The number of benzene rings is 1. The lowest BCUT2D eigenvalue weighted by atomic mass is 9.96. The summed E-state index contributed by atoms with van der Waals surface area (Å²) in [6.07, 6.45) is 5.27. The summed E-state index contributed by atoms with van der Waals surface area (Å²) in [7, 11) is 0. The number of amides is 2. The minimum atomic E-state index is -0.627. The van der Waals surface area contributed by atoms with Crippen molar-refractivity contribution in [2.45, 2.75) is 45.1 Å². The number of halogens is 2. The number of aryl methyl sites for hydroxylation is 1. The molecule has 1 saturated carbocycles. The number of urea groups is 1. The molecular formula is C14H18F2N2O. The highest BCUT2D eigenvalue weighted by Gasteiger charge is 2.16. The van der Waals surface area contributed by atoms with Gasteiger partial charge in [-0.15, -0.1) is 0 Å². The van der Waals surface area contributed by atoms with Crippen molar-refractivity contribution in [3.8, 4) is 0 Å². The van der Waals surface area contributed by atoms with E-state index >= 15 is 0 Å². The summed E-state index contributed by atoms with van der Waals surface area (Å²) in [5.74, 6) is -1.16. The number of carbonyl (C=O) groups excluding carboxylic acids is 1. The van der Waals surface area contributed by atoms with Gasteiger partial charge in [-0.25, -0.2) is 13.6 Å². The number of carbonyl (C=O) groups is 1. The van der Waals surface area contributed by atoms with Gasteiger partial charge < -0.3 is 10.6 Å². The molecule has 0 unspecified atom stereocenters. The Morgan fingerprint density at radius 1 is 1.16 bits per heavy atom. The van der Waals surface area contributed by atoms with E-state index in [1.165, 1.54) is 13.3 Å². The molecule has 1 aromatic carbocycles. The Morgan fingerprint density at radius 3 is 2.53 bits per heavy atom. The summed E-state index contributed by atoms with van der Waals surface area (Å²) in [6, 6.07) is 1.73. The molecule has 0 spiro atoms. The number of hydrogen-bond acceptors (Lipinski definition) is 1. The zero-order valence-corrected chi connectivity index (χ0v) is 10.9. The molecule has 0 heterocycles. The highest BCUT2D eigenvalue weighted by atomic mass is 19.1. The van der Waals surface area contributed by atoms with Crippen LogP contribution in [0.3, 0.4) is 0 Å². The number of hydrogen-bond donors (Lipinski definition) is 2. The van der Waals surface area contributed by atoms with Crippen molar-refractivity contribution in [2.24, 2.45) is 0 Å². The lowest BCUT2D eigenvalue weighted by molar-refractivity contribution is 0.244. The number of anilines is 1. The van der Waals surface area contributed by atoms with E-state index in [1.54, 1.807) is 0 Å². The molecule has 1 aliphatic rings. The molecule has 0 saturated heterocycles. The third-order valence-electron chi connectivity index (χ3n) is 3.44. The van der Waals surface area contributed by atoms with Gasteiger partial charge in [-0.2, -0.15) is 0 Å². The molecule has 2 N–H and O–H groups in total. The lowest BCUT2D eigenvalue weighted by Gasteiger charge is -2.23. The quantitative estimate of drug-likeness (QED) is 0.843. The van der Waals surface area contributed by atoms with E-state index in [4.69, 9.17) is 0 Å². The van der Waals surface area contributed by atoms with Crippen molar-refractivity contribution >= 4 is 11.7 Å². The van der Waals surface area contributed by atoms with Crippen molar-refractivity contribution in [3.63, 3.8) is 0 Å². The minimum Gasteiger partial charge on any atom is -0.335 e. The maximum absolute atomic E-state index is 13.6. The molecule has 1 aliphatic carbocycles. The van der Waals surface area contributed by atoms with Gasteiger partial charge in [-0.3, -0.25) is 0 Å². The Balaban J connectivity index is 1.96. The first-order chi connectivity index (χ1) is 9.06. The molecule has 2 amide bonds. The van der Waals surface area contributed by atoms with Crippen molar-refractivity contribution in [2.75, 3.05) is 5.32 Å². The highest BCUT2D eigenvalue weighted by Crippen LogP contribution is 2.20. The SMILES string of the molecule is Cc1cc(F)c(NC(=O)NC2CCCCC2)cc1F. The topological polar surface area (TPSA) is 41.1 Å². The molecule has 3 nitrogen and oxygen atoms in total. The smallest absolute Gasteiger partial charge is 0.319 e. The average molecular weight is 268 g/mol. The zero-order valence-electron chi connectivity index (χ0n) is 10.9.